The summed E-state index contributed by atoms with van der Waals surface area (Å²) in [6.07, 6.45) is 3.03. The maximum absolute atomic E-state index is 10.1. The fourth-order valence-corrected chi connectivity index (χ4v) is 0.328. The van der Waals surface area contributed by atoms with Gasteiger partial charge in [-0.15, -0.1) is 0 Å². The largest absolute Gasteiger partial charge is 0.477 e. The van der Waals surface area contributed by atoms with E-state index in [0.717, 1.165) is 5.57 Å². The summed E-state index contributed by atoms with van der Waals surface area (Å²) in [5.41, 5.74) is 5.96. The van der Waals surface area contributed by atoms with Crippen molar-refractivity contribution in [2.24, 2.45) is 5.73 Å². The first-order valence-corrected chi connectivity index (χ1v) is 2.88. The molecule has 0 aromatic heterocycles. The van der Waals surface area contributed by atoms with E-state index in [9.17, 15) is 4.79 Å². The summed E-state index contributed by atoms with van der Waals surface area (Å²) in [6, 6.07) is 0. The maximum Gasteiger partial charge on any atom is 0.351 e. The second kappa shape index (κ2) is 3.71. The van der Waals surface area contributed by atoms with Crippen molar-refractivity contribution < 1.29 is 9.90 Å². The van der Waals surface area contributed by atoms with E-state index in [4.69, 9.17) is 10.8 Å². The Balaban J connectivity index is 4.19. The van der Waals surface area contributed by atoms with Gasteiger partial charge in [-0.1, -0.05) is 11.6 Å². The van der Waals surface area contributed by atoms with Crippen LogP contribution in [0.1, 0.15) is 13.8 Å². The minimum absolute atomic E-state index is 0.138. The molecule has 0 unspecified atom stereocenters. The van der Waals surface area contributed by atoms with Crippen molar-refractivity contribution in [3.63, 3.8) is 0 Å². The Hall–Kier alpha value is -1.25. The van der Waals surface area contributed by atoms with Crippen molar-refractivity contribution in [1.29, 1.82) is 0 Å². The number of aliphatic carboxylic acids is 1. The van der Waals surface area contributed by atoms with Gasteiger partial charge in [0.15, 0.2) is 0 Å². The Labute approximate surface area is 59.8 Å². The average Bonchev–Trinajstić information content (AvgIpc) is 1.82. The molecule has 3 heteroatoms. The summed E-state index contributed by atoms with van der Waals surface area (Å²) >= 11 is 0. The lowest BCUT2D eigenvalue weighted by molar-refractivity contribution is -0.132. The lowest BCUT2D eigenvalue weighted by Crippen LogP contribution is -2.08. The lowest BCUT2D eigenvalue weighted by Gasteiger charge is -1.88. The number of nitrogens with two attached hydrogens (primary N) is 1. The molecule has 0 saturated heterocycles. The molecule has 10 heavy (non-hydrogen) atoms. The number of allylic oxidation sites excluding steroid dienone is 3. The molecular weight excluding hydrogens is 130 g/mol. The third kappa shape index (κ3) is 3.72. The van der Waals surface area contributed by atoms with Crippen molar-refractivity contribution in [2.45, 2.75) is 13.8 Å². The zero-order valence-electron chi connectivity index (χ0n) is 6.09. The van der Waals surface area contributed by atoms with Crippen molar-refractivity contribution in [3.8, 4) is 0 Å². The van der Waals surface area contributed by atoms with Crippen LogP contribution in [0.2, 0.25) is 0 Å². The Morgan fingerprint density at radius 1 is 1.40 bits per heavy atom. The maximum atomic E-state index is 10.1. The first kappa shape index (κ1) is 8.75. The molecule has 0 bridgehead atoms. The molecular formula is C7H11NO2. The Morgan fingerprint density at radius 2 is 1.90 bits per heavy atom. The monoisotopic (exact) mass is 141 g/mol. The fourth-order valence-electron chi connectivity index (χ4n) is 0.328. The number of hydrogen-bond acceptors (Lipinski definition) is 2. The van der Waals surface area contributed by atoms with Crippen LogP contribution in [0.5, 0.6) is 0 Å². The van der Waals surface area contributed by atoms with E-state index in [1.54, 1.807) is 6.08 Å². The first-order valence-electron chi connectivity index (χ1n) is 2.88. The summed E-state index contributed by atoms with van der Waals surface area (Å²) in [7, 11) is 0. The first-order chi connectivity index (χ1) is 4.54. The summed E-state index contributed by atoms with van der Waals surface area (Å²) in [4.78, 5) is 10.1. The van der Waals surface area contributed by atoms with E-state index in [-0.39, 0.29) is 5.70 Å². The van der Waals surface area contributed by atoms with Crippen molar-refractivity contribution in [2.75, 3.05) is 0 Å². The van der Waals surface area contributed by atoms with Gasteiger partial charge in [-0.2, -0.15) is 0 Å². The molecule has 0 aromatic carbocycles. The number of hydrogen-bond donors (Lipinski definition) is 2. The Bertz CT molecular complexity index is 188. The van der Waals surface area contributed by atoms with Crippen LogP contribution in [0.3, 0.4) is 0 Å². The Morgan fingerprint density at radius 3 is 2.20 bits per heavy atom. The quantitative estimate of drug-likeness (QED) is 0.443. The smallest absolute Gasteiger partial charge is 0.351 e. The van der Waals surface area contributed by atoms with Crippen LogP contribution in [0, 0.1) is 0 Å². The number of carboxylic acids is 1. The molecule has 0 aliphatic rings. The molecule has 0 spiro atoms. The van der Waals surface area contributed by atoms with E-state index in [1.165, 1.54) is 6.08 Å². The van der Waals surface area contributed by atoms with Gasteiger partial charge in [-0.3, -0.25) is 0 Å². The highest BCUT2D eigenvalue weighted by Crippen LogP contribution is 1.91. The van der Waals surface area contributed by atoms with Crippen LogP contribution < -0.4 is 5.73 Å². The topological polar surface area (TPSA) is 63.3 Å². The predicted octanol–water partition coefficient (Wildman–Crippen LogP) is 0.880. The minimum atomic E-state index is -1.09. The number of carboxylic acid groups (broad SMARTS) is 1. The molecule has 0 aromatic rings. The van der Waals surface area contributed by atoms with E-state index < -0.39 is 5.97 Å². The zero-order valence-corrected chi connectivity index (χ0v) is 6.09. The van der Waals surface area contributed by atoms with Crippen LogP contribution >= 0.6 is 0 Å². The highest BCUT2D eigenvalue weighted by Gasteiger charge is 1.96. The van der Waals surface area contributed by atoms with E-state index >= 15 is 0 Å². The summed E-state index contributed by atoms with van der Waals surface area (Å²) in [6.45, 7) is 3.73. The van der Waals surface area contributed by atoms with Gasteiger partial charge in [0.25, 0.3) is 0 Å². The molecule has 0 rings (SSSR count). The Kier molecular flexibility index (Phi) is 3.25. The minimum Gasteiger partial charge on any atom is -0.477 e. The molecule has 0 saturated carbocycles. The van der Waals surface area contributed by atoms with Crippen molar-refractivity contribution >= 4 is 5.97 Å². The fraction of sp³-hybridized carbons (Fsp3) is 0.286. The predicted molar refractivity (Wildman–Crippen MR) is 39.3 cm³/mol. The van der Waals surface area contributed by atoms with Crippen LogP contribution in [0.15, 0.2) is 23.4 Å². The third-order valence-electron chi connectivity index (χ3n) is 0.843. The molecule has 0 radical (unpaired) electrons. The molecule has 0 heterocycles. The molecule has 0 atom stereocenters. The molecule has 0 aliphatic carbocycles. The van der Waals surface area contributed by atoms with Crippen LogP contribution in [-0.4, -0.2) is 11.1 Å². The van der Waals surface area contributed by atoms with Gasteiger partial charge >= 0.3 is 5.97 Å². The zero-order chi connectivity index (χ0) is 8.15. The SMILES string of the molecule is CC(C)=C/C=C(\N)C(=O)O. The molecule has 56 valence electrons. The third-order valence-corrected chi connectivity index (χ3v) is 0.843. The van der Waals surface area contributed by atoms with E-state index in [1.807, 2.05) is 13.8 Å². The van der Waals surface area contributed by atoms with Gasteiger partial charge in [0.1, 0.15) is 5.70 Å². The summed E-state index contributed by atoms with van der Waals surface area (Å²) < 4.78 is 0. The second-order valence-electron chi connectivity index (χ2n) is 2.17. The van der Waals surface area contributed by atoms with Gasteiger partial charge < -0.3 is 10.8 Å². The lowest BCUT2D eigenvalue weighted by atomic mass is 10.3. The standard InChI is InChI=1S/C7H11NO2/c1-5(2)3-4-6(8)7(9)10/h3-4H,8H2,1-2H3,(H,9,10)/b6-4-. The molecule has 3 N–H and O–H groups in total. The molecule has 0 amide bonds. The van der Waals surface area contributed by atoms with Gasteiger partial charge in [0.2, 0.25) is 0 Å². The molecule has 3 nitrogen and oxygen atoms in total. The molecule has 0 aliphatic heterocycles. The van der Waals surface area contributed by atoms with Crippen LogP contribution in [-0.2, 0) is 4.79 Å². The van der Waals surface area contributed by atoms with Crippen LogP contribution in [0.25, 0.3) is 0 Å². The van der Waals surface area contributed by atoms with Gasteiger partial charge in [-0.25, -0.2) is 4.79 Å². The highest BCUT2D eigenvalue weighted by molar-refractivity contribution is 5.85. The number of rotatable bonds is 2. The van der Waals surface area contributed by atoms with Gasteiger partial charge in [-0.05, 0) is 19.9 Å². The second-order valence-corrected chi connectivity index (χ2v) is 2.17. The van der Waals surface area contributed by atoms with Crippen molar-refractivity contribution in [1.82, 2.24) is 0 Å². The molecule has 0 fully saturated rings. The highest BCUT2D eigenvalue weighted by atomic mass is 16.4. The number of carbonyl (C=O) groups is 1. The van der Waals surface area contributed by atoms with E-state index in [0.29, 0.717) is 0 Å². The summed E-state index contributed by atoms with van der Waals surface area (Å²) in [5.74, 6) is -1.09. The normalized spacial score (nSPS) is 10.8. The van der Waals surface area contributed by atoms with Gasteiger partial charge in [0.05, 0.1) is 0 Å². The average molecular weight is 141 g/mol. The van der Waals surface area contributed by atoms with Crippen LogP contribution in [0.4, 0.5) is 0 Å². The summed E-state index contributed by atoms with van der Waals surface area (Å²) in [5, 5.41) is 8.27. The van der Waals surface area contributed by atoms with Crippen molar-refractivity contribution in [3.05, 3.63) is 23.4 Å². The van der Waals surface area contributed by atoms with E-state index in [2.05, 4.69) is 0 Å². The van der Waals surface area contributed by atoms with Gasteiger partial charge in [0, 0.05) is 0 Å².